The Morgan fingerprint density at radius 1 is 1.21 bits per heavy atom. The smallest absolute Gasteiger partial charge is 0.133 e. The lowest BCUT2D eigenvalue weighted by atomic mass is 10.2. The molecule has 5 heteroatoms. The fraction of sp³-hybridized carbons (Fsp3) is 0.357. The Labute approximate surface area is 113 Å². The van der Waals surface area contributed by atoms with Gasteiger partial charge in [0, 0.05) is 38.6 Å². The van der Waals surface area contributed by atoms with Crippen molar-refractivity contribution < 1.29 is 0 Å². The van der Waals surface area contributed by atoms with Gasteiger partial charge in [-0.3, -0.25) is 4.98 Å². The maximum absolute atomic E-state index is 4.30. The van der Waals surface area contributed by atoms with Crippen molar-refractivity contribution in [2.75, 3.05) is 30.4 Å². The molecule has 0 saturated carbocycles. The zero-order chi connectivity index (χ0) is 13.5. The summed E-state index contributed by atoms with van der Waals surface area (Å²) in [7, 11) is 2.04. The first kappa shape index (κ1) is 13.3. The Morgan fingerprint density at radius 2 is 2.00 bits per heavy atom. The number of pyridine rings is 1. The van der Waals surface area contributed by atoms with E-state index in [9.17, 15) is 0 Å². The molecule has 2 aromatic rings. The molecule has 0 spiro atoms. The van der Waals surface area contributed by atoms with Gasteiger partial charge in [0.15, 0.2) is 0 Å². The minimum absolute atomic E-state index is 0.858. The summed E-state index contributed by atoms with van der Waals surface area (Å²) in [5.41, 5.74) is 1.28. The molecule has 0 aliphatic carbocycles. The fourth-order valence-electron chi connectivity index (χ4n) is 1.79. The van der Waals surface area contributed by atoms with Crippen LogP contribution in [0, 0.1) is 0 Å². The second-order valence-electron chi connectivity index (χ2n) is 4.32. The molecule has 5 nitrogen and oxygen atoms in total. The average Bonchev–Trinajstić information content (AvgIpc) is 2.46. The highest BCUT2D eigenvalue weighted by atomic mass is 15.2. The maximum atomic E-state index is 4.30. The molecule has 0 radical (unpaired) electrons. The van der Waals surface area contributed by atoms with Gasteiger partial charge in [-0.15, -0.1) is 0 Å². The van der Waals surface area contributed by atoms with E-state index in [1.165, 1.54) is 5.56 Å². The number of anilines is 2. The molecule has 0 aliphatic rings. The Morgan fingerprint density at radius 3 is 2.74 bits per heavy atom. The van der Waals surface area contributed by atoms with Gasteiger partial charge < -0.3 is 10.2 Å². The number of nitrogens with one attached hydrogen (secondary N) is 1. The Balaban J connectivity index is 1.95. The van der Waals surface area contributed by atoms with Crippen molar-refractivity contribution in [3.63, 3.8) is 0 Å². The summed E-state index contributed by atoms with van der Waals surface area (Å²) in [5.74, 6) is 1.79. The molecule has 0 aliphatic heterocycles. The van der Waals surface area contributed by atoms with Gasteiger partial charge in [-0.05, 0) is 31.0 Å². The van der Waals surface area contributed by atoms with Crippen LogP contribution in [0.2, 0.25) is 0 Å². The standard InChI is InChI=1S/C14H19N5/c1-3-16-13-10-14(18-11-17-13)19(2)9-6-12-4-7-15-8-5-12/h4-5,7-8,10-11H,3,6,9H2,1-2H3,(H,16,17,18). The van der Waals surface area contributed by atoms with E-state index in [4.69, 9.17) is 0 Å². The van der Waals surface area contributed by atoms with Crippen LogP contribution in [-0.4, -0.2) is 35.1 Å². The summed E-state index contributed by atoms with van der Waals surface area (Å²) in [4.78, 5) is 14.6. The summed E-state index contributed by atoms with van der Waals surface area (Å²) >= 11 is 0. The number of rotatable bonds is 6. The third-order valence-corrected chi connectivity index (χ3v) is 2.89. The van der Waals surface area contributed by atoms with Crippen molar-refractivity contribution in [3.05, 3.63) is 42.5 Å². The molecule has 0 fully saturated rings. The summed E-state index contributed by atoms with van der Waals surface area (Å²) in [5, 5.41) is 3.19. The zero-order valence-corrected chi connectivity index (χ0v) is 11.4. The molecule has 0 atom stereocenters. The van der Waals surface area contributed by atoms with Crippen LogP contribution in [0.5, 0.6) is 0 Å². The number of aromatic nitrogens is 3. The first-order valence-corrected chi connectivity index (χ1v) is 6.45. The second-order valence-corrected chi connectivity index (χ2v) is 4.32. The average molecular weight is 257 g/mol. The molecule has 100 valence electrons. The van der Waals surface area contributed by atoms with Crippen LogP contribution in [0.15, 0.2) is 36.9 Å². The minimum Gasteiger partial charge on any atom is -0.370 e. The minimum atomic E-state index is 0.858. The Bertz CT molecular complexity index is 500. The predicted molar refractivity (Wildman–Crippen MR) is 77.4 cm³/mol. The van der Waals surface area contributed by atoms with E-state index in [0.717, 1.165) is 31.1 Å². The van der Waals surface area contributed by atoms with Crippen molar-refractivity contribution in [1.82, 2.24) is 15.0 Å². The van der Waals surface area contributed by atoms with E-state index in [1.54, 1.807) is 6.33 Å². The largest absolute Gasteiger partial charge is 0.370 e. The second kappa shape index (κ2) is 6.68. The molecule has 2 rings (SSSR count). The zero-order valence-electron chi connectivity index (χ0n) is 11.4. The van der Waals surface area contributed by atoms with Crippen molar-refractivity contribution in [2.45, 2.75) is 13.3 Å². The van der Waals surface area contributed by atoms with E-state index >= 15 is 0 Å². The fourth-order valence-corrected chi connectivity index (χ4v) is 1.79. The van der Waals surface area contributed by atoms with Gasteiger partial charge in [0.25, 0.3) is 0 Å². The number of hydrogen-bond acceptors (Lipinski definition) is 5. The first-order chi connectivity index (χ1) is 9.29. The lowest BCUT2D eigenvalue weighted by Gasteiger charge is -2.18. The van der Waals surface area contributed by atoms with E-state index in [1.807, 2.05) is 37.6 Å². The highest BCUT2D eigenvalue weighted by molar-refractivity contribution is 5.47. The van der Waals surface area contributed by atoms with Crippen LogP contribution >= 0.6 is 0 Å². The lowest BCUT2D eigenvalue weighted by molar-refractivity contribution is 0.854. The molecule has 1 N–H and O–H groups in total. The van der Waals surface area contributed by atoms with Crippen molar-refractivity contribution >= 4 is 11.6 Å². The van der Waals surface area contributed by atoms with Gasteiger partial charge in [0.1, 0.15) is 18.0 Å². The topological polar surface area (TPSA) is 53.9 Å². The SMILES string of the molecule is CCNc1cc(N(C)CCc2ccncc2)ncn1. The lowest BCUT2D eigenvalue weighted by Crippen LogP contribution is -2.21. The van der Waals surface area contributed by atoms with Crippen molar-refractivity contribution in [3.8, 4) is 0 Å². The van der Waals surface area contributed by atoms with Crippen LogP contribution in [0.1, 0.15) is 12.5 Å². The molecule has 0 aromatic carbocycles. The summed E-state index contributed by atoms with van der Waals surface area (Å²) in [6.45, 7) is 3.82. The van der Waals surface area contributed by atoms with Gasteiger partial charge in [-0.2, -0.15) is 0 Å². The third-order valence-electron chi connectivity index (χ3n) is 2.89. The van der Waals surface area contributed by atoms with Gasteiger partial charge in [0.05, 0.1) is 0 Å². The Kier molecular flexibility index (Phi) is 4.66. The van der Waals surface area contributed by atoms with Gasteiger partial charge >= 0.3 is 0 Å². The van der Waals surface area contributed by atoms with Gasteiger partial charge in [-0.25, -0.2) is 9.97 Å². The molecule has 19 heavy (non-hydrogen) atoms. The molecule has 0 amide bonds. The first-order valence-electron chi connectivity index (χ1n) is 6.45. The molecule has 2 aromatic heterocycles. The molecule has 0 unspecified atom stereocenters. The van der Waals surface area contributed by atoms with E-state index < -0.39 is 0 Å². The highest BCUT2D eigenvalue weighted by Crippen LogP contribution is 2.13. The third kappa shape index (κ3) is 3.91. The monoisotopic (exact) mass is 257 g/mol. The van der Waals surface area contributed by atoms with E-state index in [2.05, 4.69) is 32.1 Å². The molecule has 0 saturated heterocycles. The van der Waals surface area contributed by atoms with Crippen molar-refractivity contribution in [2.24, 2.45) is 0 Å². The van der Waals surface area contributed by atoms with Gasteiger partial charge in [0.2, 0.25) is 0 Å². The molecule has 0 bridgehead atoms. The quantitative estimate of drug-likeness (QED) is 0.857. The summed E-state index contributed by atoms with van der Waals surface area (Å²) in [6, 6.07) is 6.05. The summed E-state index contributed by atoms with van der Waals surface area (Å²) in [6.07, 6.45) is 6.21. The van der Waals surface area contributed by atoms with Crippen LogP contribution < -0.4 is 10.2 Å². The van der Waals surface area contributed by atoms with Crippen molar-refractivity contribution in [1.29, 1.82) is 0 Å². The van der Waals surface area contributed by atoms with Crippen LogP contribution in [0.25, 0.3) is 0 Å². The van der Waals surface area contributed by atoms with Gasteiger partial charge in [-0.1, -0.05) is 0 Å². The number of hydrogen-bond donors (Lipinski definition) is 1. The van der Waals surface area contributed by atoms with Crippen LogP contribution in [-0.2, 0) is 6.42 Å². The predicted octanol–water partition coefficient (Wildman–Crippen LogP) is 1.98. The number of nitrogens with zero attached hydrogens (tertiary/aromatic N) is 4. The van der Waals surface area contributed by atoms with Crippen LogP contribution in [0.3, 0.4) is 0 Å². The Hall–Kier alpha value is -2.17. The highest BCUT2D eigenvalue weighted by Gasteiger charge is 2.04. The maximum Gasteiger partial charge on any atom is 0.133 e. The molecular formula is C14H19N5. The number of likely N-dealkylation sites (N-methyl/N-ethyl adjacent to an activating group) is 1. The van der Waals surface area contributed by atoms with Crippen LogP contribution in [0.4, 0.5) is 11.6 Å². The van der Waals surface area contributed by atoms with E-state index in [0.29, 0.717) is 0 Å². The normalized spacial score (nSPS) is 10.2. The summed E-state index contributed by atoms with van der Waals surface area (Å²) < 4.78 is 0. The molecular weight excluding hydrogens is 238 g/mol. The van der Waals surface area contributed by atoms with E-state index in [-0.39, 0.29) is 0 Å². The molecule has 2 heterocycles.